The summed E-state index contributed by atoms with van der Waals surface area (Å²) in [5, 5.41) is 6.75. The van der Waals surface area contributed by atoms with Crippen molar-refractivity contribution >= 4 is 17.5 Å². The first-order valence-electron chi connectivity index (χ1n) is 8.01. The van der Waals surface area contributed by atoms with Crippen LogP contribution in [0.15, 0.2) is 35.1 Å². The van der Waals surface area contributed by atoms with Crippen molar-refractivity contribution in [3.8, 4) is 0 Å². The van der Waals surface area contributed by atoms with Crippen LogP contribution in [-0.2, 0) is 11.2 Å². The predicted molar refractivity (Wildman–Crippen MR) is 89.5 cm³/mol. The van der Waals surface area contributed by atoms with Crippen LogP contribution in [0.2, 0.25) is 0 Å². The summed E-state index contributed by atoms with van der Waals surface area (Å²) in [6.45, 7) is 1.37. The van der Waals surface area contributed by atoms with E-state index >= 15 is 0 Å². The molecule has 1 aromatic heterocycles. The molecule has 1 aliphatic rings. The number of carbonyl (C=O) groups is 1. The Balaban J connectivity index is 1.59. The third-order valence-electron chi connectivity index (χ3n) is 3.94. The number of amides is 1. The molecule has 1 atom stereocenters. The number of hydrogen-bond acceptors (Lipinski definition) is 7. The second kappa shape index (κ2) is 7.95. The Hall–Kier alpha value is -2.65. The van der Waals surface area contributed by atoms with E-state index in [2.05, 4.69) is 15.9 Å². The average Bonchev–Trinajstić information content (AvgIpc) is 3.24. The van der Waals surface area contributed by atoms with E-state index in [0.717, 1.165) is 5.69 Å². The van der Waals surface area contributed by atoms with Crippen LogP contribution in [0, 0.1) is 5.82 Å². The molecule has 4 N–H and O–H groups in total. The number of halogens is 1. The number of hydrazine groups is 1. The summed E-state index contributed by atoms with van der Waals surface area (Å²) in [4.78, 5) is 13.5. The third-order valence-corrected chi connectivity index (χ3v) is 3.94. The zero-order valence-electron chi connectivity index (χ0n) is 13.6. The van der Waals surface area contributed by atoms with Gasteiger partial charge in [-0.1, -0.05) is 5.16 Å². The maximum absolute atomic E-state index is 14.2. The first-order valence-corrected chi connectivity index (χ1v) is 8.01. The molecular weight excluding hydrogens is 329 g/mol. The topological polar surface area (TPSA) is 106 Å². The minimum atomic E-state index is -0.474. The summed E-state index contributed by atoms with van der Waals surface area (Å²) in [7, 11) is 0. The molecule has 2 heterocycles. The number of ether oxygens (including phenoxy) is 1. The van der Waals surface area contributed by atoms with Crippen molar-refractivity contribution in [3.05, 3.63) is 42.0 Å². The molecule has 0 spiro atoms. The van der Waals surface area contributed by atoms with Gasteiger partial charge in [-0.3, -0.25) is 16.2 Å². The van der Waals surface area contributed by atoms with Crippen molar-refractivity contribution in [2.45, 2.75) is 18.9 Å². The Morgan fingerprint density at radius 1 is 1.36 bits per heavy atom. The summed E-state index contributed by atoms with van der Waals surface area (Å²) in [6.07, 6.45) is 2.04. The van der Waals surface area contributed by atoms with Gasteiger partial charge in [0.05, 0.1) is 23.6 Å². The first kappa shape index (κ1) is 17.2. The van der Waals surface area contributed by atoms with Gasteiger partial charge in [-0.05, 0) is 31.0 Å². The summed E-state index contributed by atoms with van der Waals surface area (Å²) >= 11 is 0. The zero-order valence-corrected chi connectivity index (χ0v) is 13.6. The van der Waals surface area contributed by atoms with Gasteiger partial charge in [-0.2, -0.15) is 0 Å². The van der Waals surface area contributed by atoms with E-state index in [4.69, 9.17) is 15.1 Å². The van der Waals surface area contributed by atoms with Crippen LogP contribution in [-0.4, -0.2) is 37.0 Å². The number of cyclic esters (lactones) is 1. The SMILES string of the molecule is NNCCNc1ccc(N2C[C@H](CCc3ccon3)OC2=O)cc1F. The molecule has 0 unspecified atom stereocenters. The van der Waals surface area contributed by atoms with Crippen molar-refractivity contribution in [3.63, 3.8) is 0 Å². The minimum absolute atomic E-state index is 0.263. The Labute approximate surface area is 144 Å². The second-order valence-electron chi connectivity index (χ2n) is 5.69. The standard InChI is InChI=1S/C16H20FN5O3/c17-14-9-12(2-4-15(14)19-6-7-20-18)22-10-13(25-16(22)23)3-1-11-5-8-24-21-11/h2,4-5,8-9,13,19-20H,1,3,6-7,10,18H2/t13-/m0/s1. The largest absolute Gasteiger partial charge is 0.444 e. The number of aromatic nitrogens is 1. The maximum atomic E-state index is 14.2. The lowest BCUT2D eigenvalue weighted by Crippen LogP contribution is -2.28. The Morgan fingerprint density at radius 2 is 2.24 bits per heavy atom. The fourth-order valence-electron chi connectivity index (χ4n) is 2.64. The van der Waals surface area contributed by atoms with E-state index in [0.29, 0.717) is 43.9 Å². The molecule has 25 heavy (non-hydrogen) atoms. The highest BCUT2D eigenvalue weighted by molar-refractivity contribution is 5.90. The predicted octanol–water partition coefficient (Wildman–Crippen LogP) is 1.65. The molecule has 8 nitrogen and oxygen atoms in total. The summed E-state index contributed by atoms with van der Waals surface area (Å²) in [5.41, 5.74) is 4.11. The number of carbonyl (C=O) groups excluding carboxylic acids is 1. The number of benzene rings is 1. The van der Waals surface area contributed by atoms with Gasteiger partial charge in [0.15, 0.2) is 0 Å². The fourth-order valence-corrected chi connectivity index (χ4v) is 2.64. The van der Waals surface area contributed by atoms with E-state index in [-0.39, 0.29) is 6.10 Å². The van der Waals surface area contributed by atoms with Gasteiger partial charge in [0.1, 0.15) is 18.2 Å². The molecule has 0 bridgehead atoms. The lowest BCUT2D eigenvalue weighted by atomic mass is 10.1. The monoisotopic (exact) mass is 349 g/mol. The minimum Gasteiger partial charge on any atom is -0.444 e. The van der Waals surface area contributed by atoms with Crippen molar-refractivity contribution in [1.82, 2.24) is 10.6 Å². The maximum Gasteiger partial charge on any atom is 0.414 e. The second-order valence-corrected chi connectivity index (χ2v) is 5.69. The average molecular weight is 349 g/mol. The Kier molecular flexibility index (Phi) is 5.46. The molecule has 134 valence electrons. The van der Waals surface area contributed by atoms with Crippen LogP contribution in [0.4, 0.5) is 20.6 Å². The zero-order chi connectivity index (χ0) is 17.6. The van der Waals surface area contributed by atoms with Gasteiger partial charge in [0.25, 0.3) is 0 Å². The number of hydrogen-bond donors (Lipinski definition) is 3. The number of nitrogens with two attached hydrogens (primary N) is 1. The lowest BCUT2D eigenvalue weighted by molar-refractivity contribution is 0.136. The molecule has 0 saturated carbocycles. The quantitative estimate of drug-likeness (QED) is 0.378. The molecule has 1 aromatic carbocycles. The van der Waals surface area contributed by atoms with Crippen molar-refractivity contribution in [2.24, 2.45) is 5.84 Å². The van der Waals surface area contributed by atoms with Gasteiger partial charge in [-0.15, -0.1) is 0 Å². The lowest BCUT2D eigenvalue weighted by Gasteiger charge is -2.15. The van der Waals surface area contributed by atoms with Gasteiger partial charge in [-0.25, -0.2) is 9.18 Å². The van der Waals surface area contributed by atoms with Crippen molar-refractivity contribution < 1.29 is 18.4 Å². The Bertz CT molecular complexity index is 710. The molecule has 0 aliphatic carbocycles. The van der Waals surface area contributed by atoms with Crippen LogP contribution >= 0.6 is 0 Å². The highest BCUT2D eigenvalue weighted by Crippen LogP contribution is 2.27. The molecule has 0 radical (unpaired) electrons. The third kappa shape index (κ3) is 4.25. The van der Waals surface area contributed by atoms with Gasteiger partial charge < -0.3 is 14.6 Å². The van der Waals surface area contributed by atoms with E-state index in [1.54, 1.807) is 18.2 Å². The number of aryl methyl sites for hydroxylation is 1. The molecule has 2 aromatic rings. The van der Waals surface area contributed by atoms with Gasteiger partial charge in [0.2, 0.25) is 0 Å². The Morgan fingerprint density at radius 3 is 2.96 bits per heavy atom. The molecule has 1 saturated heterocycles. The van der Waals surface area contributed by atoms with E-state index in [1.165, 1.54) is 17.2 Å². The molecule has 9 heteroatoms. The summed E-state index contributed by atoms with van der Waals surface area (Å²) in [5.74, 6) is 4.73. The van der Waals surface area contributed by atoms with E-state index in [9.17, 15) is 9.18 Å². The number of nitrogens with zero attached hydrogens (tertiary/aromatic N) is 2. The number of rotatable bonds is 8. The number of anilines is 2. The number of nitrogens with one attached hydrogen (secondary N) is 2. The normalized spacial score (nSPS) is 17.0. The summed E-state index contributed by atoms with van der Waals surface area (Å²) < 4.78 is 24.3. The molecule has 1 amide bonds. The van der Waals surface area contributed by atoms with E-state index in [1.807, 2.05) is 0 Å². The highest BCUT2D eigenvalue weighted by atomic mass is 19.1. The fraction of sp³-hybridized carbons (Fsp3) is 0.375. The van der Waals surface area contributed by atoms with E-state index < -0.39 is 11.9 Å². The first-order chi connectivity index (χ1) is 12.2. The van der Waals surface area contributed by atoms with Crippen LogP contribution in [0.1, 0.15) is 12.1 Å². The molecular formula is C16H20FN5O3. The highest BCUT2D eigenvalue weighted by Gasteiger charge is 2.32. The van der Waals surface area contributed by atoms with Crippen molar-refractivity contribution in [2.75, 3.05) is 29.9 Å². The smallest absolute Gasteiger partial charge is 0.414 e. The van der Waals surface area contributed by atoms with Gasteiger partial charge >= 0.3 is 6.09 Å². The van der Waals surface area contributed by atoms with Crippen LogP contribution in [0.3, 0.4) is 0 Å². The molecule has 1 aliphatic heterocycles. The van der Waals surface area contributed by atoms with Gasteiger partial charge in [0, 0.05) is 19.2 Å². The molecule has 1 fully saturated rings. The summed E-state index contributed by atoms with van der Waals surface area (Å²) in [6, 6.07) is 6.37. The van der Waals surface area contributed by atoms with Crippen molar-refractivity contribution in [1.29, 1.82) is 0 Å². The van der Waals surface area contributed by atoms with Crippen LogP contribution in [0.5, 0.6) is 0 Å². The van der Waals surface area contributed by atoms with Crippen LogP contribution in [0.25, 0.3) is 0 Å². The van der Waals surface area contributed by atoms with Crippen LogP contribution < -0.4 is 21.5 Å². The molecule has 3 rings (SSSR count).